The first kappa shape index (κ1) is 12.1. The number of aromatic nitrogens is 1. The van der Waals surface area contributed by atoms with Gasteiger partial charge in [0.1, 0.15) is 5.69 Å². The topological polar surface area (TPSA) is 33.2 Å². The van der Waals surface area contributed by atoms with E-state index in [9.17, 15) is 4.79 Å². The molecule has 88 valence electrons. The maximum Gasteiger partial charge on any atom is 0.196 e. The van der Waals surface area contributed by atoms with Gasteiger partial charge in [0, 0.05) is 18.1 Å². The molecular weight excluding hydrogens is 256 g/mol. The highest BCUT2D eigenvalue weighted by atomic mass is 35.5. The molecule has 2 aromatic rings. The summed E-state index contributed by atoms with van der Waals surface area (Å²) in [5.41, 5.74) is 1.47. The lowest BCUT2D eigenvalue weighted by atomic mass is 10.3. The van der Waals surface area contributed by atoms with Crippen molar-refractivity contribution >= 4 is 39.5 Å². The van der Waals surface area contributed by atoms with Crippen LogP contribution in [-0.2, 0) is 0 Å². The third-order valence-electron chi connectivity index (χ3n) is 2.33. The number of anilines is 2. The van der Waals surface area contributed by atoms with Crippen molar-refractivity contribution in [2.45, 2.75) is 0 Å². The van der Waals surface area contributed by atoms with Crippen LogP contribution in [-0.4, -0.2) is 23.7 Å². The number of hydrogen-bond donors (Lipinski definition) is 0. The number of benzene rings is 1. The molecule has 0 unspecified atom stereocenters. The molecule has 0 atom stereocenters. The van der Waals surface area contributed by atoms with Gasteiger partial charge in [0.05, 0.1) is 5.88 Å². The molecule has 0 radical (unpaired) electrons. The molecule has 1 aromatic heterocycles. The van der Waals surface area contributed by atoms with Crippen molar-refractivity contribution in [1.29, 1.82) is 0 Å². The van der Waals surface area contributed by atoms with Gasteiger partial charge in [-0.15, -0.1) is 22.9 Å². The summed E-state index contributed by atoms with van der Waals surface area (Å²) in [7, 11) is 1.92. The zero-order valence-electron chi connectivity index (χ0n) is 9.26. The van der Waals surface area contributed by atoms with E-state index in [0.29, 0.717) is 5.69 Å². The van der Waals surface area contributed by atoms with Gasteiger partial charge in [0.25, 0.3) is 0 Å². The first-order chi connectivity index (χ1) is 8.22. The van der Waals surface area contributed by atoms with Crippen LogP contribution < -0.4 is 4.90 Å². The molecule has 0 aliphatic rings. The van der Waals surface area contributed by atoms with E-state index in [1.54, 1.807) is 5.38 Å². The lowest BCUT2D eigenvalue weighted by Gasteiger charge is -2.15. The zero-order chi connectivity index (χ0) is 12.3. The second-order valence-corrected chi connectivity index (χ2v) is 4.57. The van der Waals surface area contributed by atoms with Crippen LogP contribution in [0.2, 0.25) is 0 Å². The molecule has 0 saturated heterocycles. The van der Waals surface area contributed by atoms with Gasteiger partial charge in [-0.2, -0.15) is 0 Å². The van der Waals surface area contributed by atoms with E-state index < -0.39 is 0 Å². The Morgan fingerprint density at radius 2 is 2.12 bits per heavy atom. The largest absolute Gasteiger partial charge is 0.321 e. The lowest BCUT2D eigenvalue weighted by Crippen LogP contribution is -2.09. The van der Waals surface area contributed by atoms with E-state index in [-0.39, 0.29) is 11.7 Å². The molecule has 1 aromatic carbocycles. The maximum atomic E-state index is 11.4. The van der Waals surface area contributed by atoms with Crippen molar-refractivity contribution in [2.75, 3.05) is 17.8 Å². The minimum absolute atomic E-state index is 0.0295. The van der Waals surface area contributed by atoms with Gasteiger partial charge < -0.3 is 4.90 Å². The number of nitrogens with zero attached hydrogens (tertiary/aromatic N) is 2. The normalized spacial score (nSPS) is 10.2. The number of carbonyl (C=O) groups is 1. The Bertz CT molecular complexity index is 512. The molecule has 2 rings (SSSR count). The summed E-state index contributed by atoms with van der Waals surface area (Å²) in [5, 5.41) is 2.52. The lowest BCUT2D eigenvalue weighted by molar-refractivity contribution is 0.101. The number of ketones is 1. The zero-order valence-corrected chi connectivity index (χ0v) is 10.8. The van der Waals surface area contributed by atoms with E-state index in [0.717, 1.165) is 10.8 Å². The van der Waals surface area contributed by atoms with Crippen LogP contribution in [0.15, 0.2) is 35.7 Å². The number of alkyl halides is 1. The van der Waals surface area contributed by atoms with Crippen molar-refractivity contribution in [3.05, 3.63) is 41.4 Å². The van der Waals surface area contributed by atoms with Crippen LogP contribution in [0.25, 0.3) is 0 Å². The second-order valence-electron chi connectivity index (χ2n) is 3.47. The van der Waals surface area contributed by atoms with E-state index in [4.69, 9.17) is 11.6 Å². The van der Waals surface area contributed by atoms with Gasteiger partial charge in [0.15, 0.2) is 10.9 Å². The Labute approximate surface area is 109 Å². The first-order valence-corrected chi connectivity index (χ1v) is 6.47. The van der Waals surface area contributed by atoms with Gasteiger partial charge in [-0.25, -0.2) is 4.98 Å². The highest BCUT2D eigenvalue weighted by Gasteiger charge is 2.12. The van der Waals surface area contributed by atoms with Crippen LogP contribution in [0.5, 0.6) is 0 Å². The first-order valence-electron chi connectivity index (χ1n) is 5.06. The fraction of sp³-hybridized carbons (Fsp3) is 0.167. The molecule has 1 heterocycles. The maximum absolute atomic E-state index is 11.4. The molecule has 0 aliphatic carbocycles. The number of rotatable bonds is 4. The van der Waals surface area contributed by atoms with Gasteiger partial charge in [-0.1, -0.05) is 18.2 Å². The third-order valence-corrected chi connectivity index (χ3v) is 3.49. The minimum Gasteiger partial charge on any atom is -0.321 e. The number of para-hydroxylation sites is 1. The standard InChI is InChI=1S/C12H11ClN2OS/c1-15(9-5-3-2-4-6-9)12-14-10(8-17-12)11(16)7-13/h2-6,8H,7H2,1H3. The molecule has 0 aliphatic heterocycles. The SMILES string of the molecule is CN(c1ccccc1)c1nc(C(=O)CCl)cs1. The highest BCUT2D eigenvalue weighted by molar-refractivity contribution is 7.14. The molecule has 0 N–H and O–H groups in total. The van der Waals surface area contributed by atoms with Crippen molar-refractivity contribution in [3.63, 3.8) is 0 Å². The van der Waals surface area contributed by atoms with Crippen LogP contribution in [0.1, 0.15) is 10.5 Å². The summed E-state index contributed by atoms with van der Waals surface area (Å²) in [6.45, 7) is 0. The number of hydrogen-bond acceptors (Lipinski definition) is 4. The predicted octanol–water partition coefficient (Wildman–Crippen LogP) is 3.33. The second kappa shape index (κ2) is 5.29. The molecule has 0 amide bonds. The fourth-order valence-corrected chi connectivity index (χ4v) is 2.33. The van der Waals surface area contributed by atoms with Crippen LogP contribution in [0, 0.1) is 0 Å². The van der Waals surface area contributed by atoms with Gasteiger partial charge in [-0.05, 0) is 12.1 Å². The summed E-state index contributed by atoms with van der Waals surface area (Å²) in [6.07, 6.45) is 0. The highest BCUT2D eigenvalue weighted by Crippen LogP contribution is 2.26. The molecule has 0 fully saturated rings. The monoisotopic (exact) mass is 266 g/mol. The smallest absolute Gasteiger partial charge is 0.196 e. The molecule has 0 saturated carbocycles. The number of thiazole rings is 1. The minimum atomic E-state index is -0.143. The summed E-state index contributed by atoms with van der Waals surface area (Å²) < 4.78 is 0. The Morgan fingerprint density at radius 1 is 1.41 bits per heavy atom. The molecule has 17 heavy (non-hydrogen) atoms. The number of carbonyl (C=O) groups excluding carboxylic acids is 1. The van der Waals surface area contributed by atoms with E-state index >= 15 is 0 Å². The average Bonchev–Trinajstić information content (AvgIpc) is 2.87. The van der Waals surface area contributed by atoms with E-state index in [1.807, 2.05) is 42.3 Å². The van der Waals surface area contributed by atoms with Crippen molar-refractivity contribution in [2.24, 2.45) is 0 Å². The van der Waals surface area contributed by atoms with E-state index in [2.05, 4.69) is 4.98 Å². The van der Waals surface area contributed by atoms with Gasteiger partial charge in [0.2, 0.25) is 0 Å². The Balaban J connectivity index is 2.23. The van der Waals surface area contributed by atoms with Crippen molar-refractivity contribution in [1.82, 2.24) is 4.98 Å². The Morgan fingerprint density at radius 3 is 2.76 bits per heavy atom. The van der Waals surface area contributed by atoms with Crippen LogP contribution >= 0.6 is 22.9 Å². The number of Topliss-reactive ketones (excluding diaryl/α,β-unsaturated/α-hetero) is 1. The van der Waals surface area contributed by atoms with Crippen molar-refractivity contribution in [3.8, 4) is 0 Å². The van der Waals surface area contributed by atoms with E-state index in [1.165, 1.54) is 11.3 Å². The van der Waals surface area contributed by atoms with Gasteiger partial charge >= 0.3 is 0 Å². The molecule has 0 bridgehead atoms. The molecule has 5 heteroatoms. The quantitative estimate of drug-likeness (QED) is 0.629. The summed E-state index contributed by atoms with van der Waals surface area (Å²) in [6, 6.07) is 9.87. The fourth-order valence-electron chi connectivity index (χ4n) is 1.38. The Kier molecular flexibility index (Phi) is 3.76. The summed E-state index contributed by atoms with van der Waals surface area (Å²) >= 11 is 6.93. The predicted molar refractivity (Wildman–Crippen MR) is 71.7 cm³/mol. The molecule has 0 spiro atoms. The van der Waals surface area contributed by atoms with Crippen LogP contribution in [0.4, 0.5) is 10.8 Å². The summed E-state index contributed by atoms with van der Waals surface area (Å²) in [5.74, 6) is -0.172. The number of halogens is 1. The van der Waals surface area contributed by atoms with Gasteiger partial charge in [-0.3, -0.25) is 4.79 Å². The average molecular weight is 267 g/mol. The van der Waals surface area contributed by atoms with Crippen LogP contribution in [0.3, 0.4) is 0 Å². The molecular formula is C12H11ClN2OS. The third kappa shape index (κ3) is 2.65. The van der Waals surface area contributed by atoms with Crippen molar-refractivity contribution < 1.29 is 4.79 Å². The summed E-state index contributed by atoms with van der Waals surface area (Å²) in [4.78, 5) is 17.6. The molecule has 3 nitrogen and oxygen atoms in total. The Hall–Kier alpha value is -1.39.